The summed E-state index contributed by atoms with van der Waals surface area (Å²) in [5, 5.41) is 2.77. The molecule has 0 aliphatic carbocycles. The van der Waals surface area contributed by atoms with E-state index in [4.69, 9.17) is 5.73 Å². The number of aryl methyl sites for hydroxylation is 2. The standard InChI is InChI=1S/C14H15N3O/c1-9-7-11(15)13(8-10(9)2)17-14(18)12-5-3-4-6-16-12/h3-8H,15H2,1-2H3,(H,17,18). The monoisotopic (exact) mass is 241 g/mol. The number of rotatable bonds is 2. The van der Waals surface area contributed by atoms with Crippen LogP contribution in [0.25, 0.3) is 0 Å². The number of hydrogen-bond acceptors (Lipinski definition) is 3. The Morgan fingerprint density at radius 1 is 1.22 bits per heavy atom. The Balaban J connectivity index is 2.25. The Morgan fingerprint density at radius 2 is 1.94 bits per heavy atom. The van der Waals surface area contributed by atoms with Gasteiger partial charge in [-0.3, -0.25) is 9.78 Å². The highest BCUT2D eigenvalue weighted by Crippen LogP contribution is 2.23. The number of nitrogens with zero attached hydrogens (tertiary/aromatic N) is 1. The summed E-state index contributed by atoms with van der Waals surface area (Å²) in [6, 6.07) is 8.91. The van der Waals surface area contributed by atoms with Crippen LogP contribution >= 0.6 is 0 Å². The summed E-state index contributed by atoms with van der Waals surface area (Å²) in [7, 11) is 0. The first-order chi connectivity index (χ1) is 8.58. The van der Waals surface area contributed by atoms with Crippen molar-refractivity contribution < 1.29 is 4.79 Å². The minimum Gasteiger partial charge on any atom is -0.397 e. The average Bonchev–Trinajstić information content (AvgIpc) is 2.37. The van der Waals surface area contributed by atoms with Gasteiger partial charge in [-0.1, -0.05) is 6.07 Å². The molecular weight excluding hydrogens is 226 g/mol. The van der Waals surface area contributed by atoms with Crippen LogP contribution in [-0.2, 0) is 0 Å². The van der Waals surface area contributed by atoms with Crippen molar-refractivity contribution in [3.8, 4) is 0 Å². The van der Waals surface area contributed by atoms with Crippen LogP contribution in [0.1, 0.15) is 21.6 Å². The Kier molecular flexibility index (Phi) is 3.28. The fourth-order valence-electron chi connectivity index (χ4n) is 1.63. The van der Waals surface area contributed by atoms with Gasteiger partial charge in [0.2, 0.25) is 0 Å². The van der Waals surface area contributed by atoms with E-state index in [9.17, 15) is 4.79 Å². The maximum Gasteiger partial charge on any atom is 0.274 e. The summed E-state index contributed by atoms with van der Waals surface area (Å²) in [4.78, 5) is 15.9. The van der Waals surface area contributed by atoms with Gasteiger partial charge in [0, 0.05) is 6.20 Å². The van der Waals surface area contributed by atoms with Crippen LogP contribution in [0.2, 0.25) is 0 Å². The van der Waals surface area contributed by atoms with Gasteiger partial charge in [-0.05, 0) is 49.2 Å². The molecule has 1 amide bonds. The first-order valence-corrected chi connectivity index (χ1v) is 5.67. The van der Waals surface area contributed by atoms with Crippen LogP contribution in [0.4, 0.5) is 11.4 Å². The zero-order valence-corrected chi connectivity index (χ0v) is 10.4. The number of nitrogen functional groups attached to an aromatic ring is 1. The lowest BCUT2D eigenvalue weighted by molar-refractivity contribution is 0.102. The molecule has 4 nitrogen and oxygen atoms in total. The summed E-state index contributed by atoms with van der Waals surface area (Å²) >= 11 is 0. The number of amides is 1. The fourth-order valence-corrected chi connectivity index (χ4v) is 1.63. The van der Waals surface area contributed by atoms with Gasteiger partial charge >= 0.3 is 0 Å². The minimum atomic E-state index is -0.259. The van der Waals surface area contributed by atoms with Crippen LogP contribution in [0.15, 0.2) is 36.5 Å². The van der Waals surface area contributed by atoms with Crippen molar-refractivity contribution in [3.63, 3.8) is 0 Å². The number of aromatic nitrogens is 1. The summed E-state index contributed by atoms with van der Waals surface area (Å²) < 4.78 is 0. The molecule has 0 fully saturated rings. The third-order valence-corrected chi connectivity index (χ3v) is 2.81. The topological polar surface area (TPSA) is 68.0 Å². The first-order valence-electron chi connectivity index (χ1n) is 5.67. The van der Waals surface area contributed by atoms with Crippen molar-refractivity contribution >= 4 is 17.3 Å². The molecule has 18 heavy (non-hydrogen) atoms. The molecule has 92 valence electrons. The molecule has 0 saturated carbocycles. The highest BCUT2D eigenvalue weighted by molar-refractivity contribution is 6.04. The van der Waals surface area contributed by atoms with Crippen LogP contribution in [0, 0.1) is 13.8 Å². The highest BCUT2D eigenvalue weighted by atomic mass is 16.1. The van der Waals surface area contributed by atoms with Crippen molar-refractivity contribution in [2.75, 3.05) is 11.1 Å². The van der Waals surface area contributed by atoms with E-state index >= 15 is 0 Å². The number of carbonyl (C=O) groups excluding carboxylic acids is 1. The normalized spacial score (nSPS) is 10.1. The first kappa shape index (κ1) is 12.1. The molecule has 0 spiro atoms. The largest absolute Gasteiger partial charge is 0.397 e. The van der Waals surface area contributed by atoms with Gasteiger partial charge in [0.05, 0.1) is 11.4 Å². The quantitative estimate of drug-likeness (QED) is 0.794. The number of pyridine rings is 1. The van der Waals surface area contributed by atoms with E-state index in [1.54, 1.807) is 24.4 Å². The molecule has 2 rings (SSSR count). The van der Waals surface area contributed by atoms with E-state index < -0.39 is 0 Å². The molecule has 0 unspecified atom stereocenters. The molecule has 2 aromatic rings. The molecule has 4 heteroatoms. The van der Waals surface area contributed by atoms with Crippen LogP contribution < -0.4 is 11.1 Å². The molecular formula is C14H15N3O. The van der Waals surface area contributed by atoms with Crippen LogP contribution in [-0.4, -0.2) is 10.9 Å². The molecule has 0 atom stereocenters. The number of carbonyl (C=O) groups is 1. The lowest BCUT2D eigenvalue weighted by Gasteiger charge is -2.10. The second-order valence-electron chi connectivity index (χ2n) is 4.19. The zero-order chi connectivity index (χ0) is 13.1. The van der Waals surface area contributed by atoms with Gasteiger partial charge in [0.25, 0.3) is 5.91 Å². The Bertz CT molecular complexity index is 579. The fraction of sp³-hybridized carbons (Fsp3) is 0.143. The third kappa shape index (κ3) is 2.48. The van der Waals surface area contributed by atoms with E-state index in [2.05, 4.69) is 10.3 Å². The number of nitrogens with one attached hydrogen (secondary N) is 1. The lowest BCUT2D eigenvalue weighted by Crippen LogP contribution is -2.14. The summed E-state index contributed by atoms with van der Waals surface area (Å²) in [6.07, 6.45) is 1.58. The van der Waals surface area contributed by atoms with Gasteiger partial charge in [-0.2, -0.15) is 0 Å². The maximum absolute atomic E-state index is 11.9. The Morgan fingerprint density at radius 3 is 2.61 bits per heavy atom. The predicted molar refractivity (Wildman–Crippen MR) is 72.5 cm³/mol. The average molecular weight is 241 g/mol. The van der Waals surface area contributed by atoms with Gasteiger partial charge in [-0.25, -0.2) is 0 Å². The third-order valence-electron chi connectivity index (χ3n) is 2.81. The molecule has 3 N–H and O–H groups in total. The summed E-state index contributed by atoms with van der Waals surface area (Å²) in [5.41, 5.74) is 9.61. The molecule has 0 aliphatic heterocycles. The molecule has 1 aromatic carbocycles. The van der Waals surface area contributed by atoms with E-state index in [-0.39, 0.29) is 5.91 Å². The molecule has 0 aliphatic rings. The van der Waals surface area contributed by atoms with Gasteiger partial charge < -0.3 is 11.1 Å². The van der Waals surface area contributed by atoms with Crippen molar-refractivity contribution in [3.05, 3.63) is 53.3 Å². The maximum atomic E-state index is 11.9. The predicted octanol–water partition coefficient (Wildman–Crippen LogP) is 2.53. The van der Waals surface area contributed by atoms with Crippen molar-refractivity contribution in [2.24, 2.45) is 0 Å². The number of benzene rings is 1. The van der Waals surface area contributed by atoms with Crippen molar-refractivity contribution in [1.29, 1.82) is 0 Å². The number of hydrogen-bond donors (Lipinski definition) is 2. The van der Waals surface area contributed by atoms with Crippen LogP contribution in [0.5, 0.6) is 0 Å². The number of nitrogens with two attached hydrogens (primary N) is 1. The molecule has 1 heterocycles. The summed E-state index contributed by atoms with van der Waals surface area (Å²) in [5.74, 6) is -0.259. The molecule has 1 aromatic heterocycles. The SMILES string of the molecule is Cc1cc(N)c(NC(=O)c2ccccn2)cc1C. The Hall–Kier alpha value is -2.36. The van der Waals surface area contributed by atoms with Gasteiger partial charge in [-0.15, -0.1) is 0 Å². The lowest BCUT2D eigenvalue weighted by atomic mass is 10.1. The van der Waals surface area contributed by atoms with E-state index in [0.29, 0.717) is 17.1 Å². The summed E-state index contributed by atoms with van der Waals surface area (Å²) in [6.45, 7) is 3.96. The highest BCUT2D eigenvalue weighted by Gasteiger charge is 2.09. The van der Waals surface area contributed by atoms with E-state index in [1.807, 2.05) is 26.0 Å². The van der Waals surface area contributed by atoms with Gasteiger partial charge in [0.15, 0.2) is 0 Å². The van der Waals surface area contributed by atoms with Crippen molar-refractivity contribution in [1.82, 2.24) is 4.98 Å². The molecule has 0 radical (unpaired) electrons. The zero-order valence-electron chi connectivity index (χ0n) is 10.4. The molecule has 0 bridgehead atoms. The van der Waals surface area contributed by atoms with Crippen LogP contribution in [0.3, 0.4) is 0 Å². The second kappa shape index (κ2) is 4.87. The smallest absolute Gasteiger partial charge is 0.274 e. The second-order valence-corrected chi connectivity index (χ2v) is 4.19. The minimum absolute atomic E-state index is 0.259. The van der Waals surface area contributed by atoms with E-state index in [0.717, 1.165) is 11.1 Å². The van der Waals surface area contributed by atoms with E-state index in [1.165, 1.54) is 0 Å². The van der Waals surface area contributed by atoms with Gasteiger partial charge in [0.1, 0.15) is 5.69 Å². The Labute approximate surface area is 106 Å². The molecule has 0 saturated heterocycles. The van der Waals surface area contributed by atoms with Crippen molar-refractivity contribution in [2.45, 2.75) is 13.8 Å². The number of anilines is 2.